The molecule has 1 heterocycles. The van der Waals surface area contributed by atoms with Gasteiger partial charge in [0.1, 0.15) is 10.8 Å². The summed E-state index contributed by atoms with van der Waals surface area (Å²) in [6.07, 6.45) is -1.01. The van der Waals surface area contributed by atoms with Gasteiger partial charge in [0.2, 0.25) is 0 Å². The monoisotopic (exact) mass is 366 g/mol. The Morgan fingerprint density at radius 1 is 1.22 bits per heavy atom. The third-order valence-corrected chi connectivity index (χ3v) is 5.42. The van der Waals surface area contributed by atoms with E-state index in [0.717, 1.165) is 21.2 Å². The van der Waals surface area contributed by atoms with Crippen LogP contribution in [0, 0.1) is 0 Å². The van der Waals surface area contributed by atoms with Crippen molar-refractivity contribution in [3.8, 4) is 16.9 Å². The van der Waals surface area contributed by atoms with Gasteiger partial charge in [-0.25, -0.2) is 4.79 Å². The number of aliphatic carboxylic acids is 1. The van der Waals surface area contributed by atoms with E-state index >= 15 is 0 Å². The van der Waals surface area contributed by atoms with Crippen molar-refractivity contribution in [1.82, 2.24) is 0 Å². The van der Waals surface area contributed by atoms with E-state index in [2.05, 4.69) is 0 Å². The predicted octanol–water partition coefficient (Wildman–Crippen LogP) is 5.73. The lowest BCUT2D eigenvalue weighted by Crippen LogP contribution is -2.23. The van der Waals surface area contributed by atoms with Gasteiger partial charge in [-0.3, -0.25) is 0 Å². The summed E-state index contributed by atoms with van der Waals surface area (Å²) in [4.78, 5) is 11.0. The molecule has 3 rings (SSSR count). The fourth-order valence-corrected chi connectivity index (χ4v) is 3.83. The van der Waals surface area contributed by atoms with Crippen molar-refractivity contribution < 1.29 is 14.6 Å². The fraction of sp³-hybridized carbons (Fsp3) is 0.118. The molecule has 118 valence electrons. The Labute approximate surface area is 147 Å². The summed E-state index contributed by atoms with van der Waals surface area (Å²) >= 11 is 14.1. The molecular weight excluding hydrogens is 355 g/mol. The first-order chi connectivity index (χ1) is 11.0. The van der Waals surface area contributed by atoms with E-state index in [1.54, 1.807) is 6.07 Å². The van der Waals surface area contributed by atoms with Crippen LogP contribution in [0.5, 0.6) is 5.75 Å². The fourth-order valence-electron chi connectivity index (χ4n) is 2.25. The molecule has 0 amide bonds. The van der Waals surface area contributed by atoms with E-state index in [4.69, 9.17) is 33.0 Å². The second-order valence-electron chi connectivity index (χ2n) is 4.99. The van der Waals surface area contributed by atoms with E-state index in [1.165, 1.54) is 18.3 Å². The van der Waals surface area contributed by atoms with Gasteiger partial charge in [-0.1, -0.05) is 53.5 Å². The maximum Gasteiger partial charge on any atom is 0.344 e. The molecule has 1 atom stereocenters. The molecule has 1 aromatic heterocycles. The first kappa shape index (κ1) is 16.1. The van der Waals surface area contributed by atoms with Crippen LogP contribution >= 0.6 is 34.5 Å². The van der Waals surface area contributed by atoms with E-state index in [1.807, 2.05) is 35.7 Å². The Bertz CT molecular complexity index is 874. The van der Waals surface area contributed by atoms with Crippen molar-refractivity contribution in [3.05, 3.63) is 51.8 Å². The van der Waals surface area contributed by atoms with Crippen LogP contribution in [0.1, 0.15) is 6.92 Å². The first-order valence-corrected chi connectivity index (χ1v) is 8.46. The molecule has 1 N–H and O–H groups in total. The van der Waals surface area contributed by atoms with Gasteiger partial charge >= 0.3 is 5.97 Å². The number of carboxylic acids is 1. The van der Waals surface area contributed by atoms with Gasteiger partial charge in [-0.05, 0) is 23.9 Å². The van der Waals surface area contributed by atoms with Gasteiger partial charge in [0.25, 0.3) is 0 Å². The molecule has 0 aliphatic heterocycles. The largest absolute Gasteiger partial charge is 0.479 e. The number of fused-ring (bicyclic) bond motifs is 1. The van der Waals surface area contributed by atoms with Crippen molar-refractivity contribution in [2.75, 3.05) is 0 Å². The number of carboxylic acid groups (broad SMARTS) is 1. The van der Waals surface area contributed by atoms with E-state index in [-0.39, 0.29) is 10.8 Å². The van der Waals surface area contributed by atoms with Crippen LogP contribution in [0.15, 0.2) is 41.8 Å². The van der Waals surface area contributed by atoms with Gasteiger partial charge in [0.05, 0.1) is 9.72 Å². The summed E-state index contributed by atoms with van der Waals surface area (Å²) in [5.74, 6) is -0.791. The number of hydrogen-bond acceptors (Lipinski definition) is 3. The average molecular weight is 367 g/mol. The van der Waals surface area contributed by atoms with Crippen molar-refractivity contribution in [3.63, 3.8) is 0 Å². The standard InChI is InChI=1S/C17H12Cl2O3S/c1-9(17(20)21)22-13-7-11-12(10-5-3-2-4-6-10)8-23-16(11)15(19)14(13)18/h2-9H,1H3,(H,20,21). The number of hydrogen-bond donors (Lipinski definition) is 1. The second kappa shape index (κ2) is 6.40. The maximum absolute atomic E-state index is 11.0. The summed E-state index contributed by atoms with van der Waals surface area (Å²) in [6.45, 7) is 1.45. The minimum absolute atomic E-state index is 0.230. The normalized spacial score (nSPS) is 12.3. The molecule has 6 heteroatoms. The Kier molecular flexibility index (Phi) is 4.48. The molecule has 0 fully saturated rings. The van der Waals surface area contributed by atoms with Gasteiger partial charge in [-0.15, -0.1) is 11.3 Å². The topological polar surface area (TPSA) is 46.5 Å². The first-order valence-electron chi connectivity index (χ1n) is 6.83. The van der Waals surface area contributed by atoms with E-state index < -0.39 is 12.1 Å². The van der Waals surface area contributed by atoms with Crippen LogP contribution in [-0.2, 0) is 4.79 Å². The molecule has 3 nitrogen and oxygen atoms in total. The smallest absolute Gasteiger partial charge is 0.344 e. The minimum atomic E-state index is -1.06. The number of thiophene rings is 1. The molecule has 0 saturated carbocycles. The zero-order valence-corrected chi connectivity index (χ0v) is 14.4. The highest BCUT2D eigenvalue weighted by Crippen LogP contribution is 2.45. The van der Waals surface area contributed by atoms with Crippen LogP contribution in [0.4, 0.5) is 0 Å². The van der Waals surface area contributed by atoms with Crippen molar-refractivity contribution in [1.29, 1.82) is 0 Å². The summed E-state index contributed by atoms with van der Waals surface area (Å²) in [5, 5.41) is 12.5. The molecule has 0 saturated heterocycles. The average Bonchev–Trinajstić information content (AvgIpc) is 2.96. The molecule has 0 radical (unpaired) electrons. The van der Waals surface area contributed by atoms with Gasteiger partial charge < -0.3 is 9.84 Å². The van der Waals surface area contributed by atoms with Gasteiger partial charge in [-0.2, -0.15) is 0 Å². The van der Waals surface area contributed by atoms with Crippen LogP contribution in [0.3, 0.4) is 0 Å². The number of ether oxygens (including phenoxy) is 1. The molecule has 0 aliphatic rings. The van der Waals surface area contributed by atoms with Crippen LogP contribution in [-0.4, -0.2) is 17.2 Å². The number of benzene rings is 2. The van der Waals surface area contributed by atoms with Gasteiger partial charge in [0.15, 0.2) is 6.10 Å². The van der Waals surface area contributed by atoms with Crippen molar-refractivity contribution >= 4 is 50.6 Å². The zero-order chi connectivity index (χ0) is 16.6. The molecule has 3 aromatic rings. The summed E-state index contributed by atoms with van der Waals surface area (Å²) in [7, 11) is 0. The molecule has 2 aromatic carbocycles. The van der Waals surface area contributed by atoms with E-state index in [0.29, 0.717) is 5.02 Å². The number of carbonyl (C=O) groups is 1. The SMILES string of the molecule is CC(Oc1cc2c(-c3ccccc3)csc2c(Cl)c1Cl)C(=O)O. The maximum atomic E-state index is 11.0. The molecule has 0 spiro atoms. The molecule has 1 unspecified atom stereocenters. The van der Waals surface area contributed by atoms with Crippen LogP contribution in [0.2, 0.25) is 10.0 Å². The minimum Gasteiger partial charge on any atom is -0.479 e. The highest BCUT2D eigenvalue weighted by molar-refractivity contribution is 7.18. The molecule has 0 aliphatic carbocycles. The third kappa shape index (κ3) is 3.02. The Balaban J connectivity index is 2.16. The van der Waals surface area contributed by atoms with Crippen molar-refractivity contribution in [2.45, 2.75) is 13.0 Å². The Hall–Kier alpha value is -1.75. The zero-order valence-electron chi connectivity index (χ0n) is 12.0. The summed E-state index contributed by atoms with van der Waals surface area (Å²) in [5.41, 5.74) is 2.06. The van der Waals surface area contributed by atoms with Crippen molar-refractivity contribution in [2.24, 2.45) is 0 Å². The molecule has 23 heavy (non-hydrogen) atoms. The second-order valence-corrected chi connectivity index (χ2v) is 6.63. The highest BCUT2D eigenvalue weighted by Gasteiger charge is 2.20. The lowest BCUT2D eigenvalue weighted by molar-refractivity contribution is -0.144. The molecule has 0 bridgehead atoms. The Morgan fingerprint density at radius 3 is 2.57 bits per heavy atom. The summed E-state index contributed by atoms with van der Waals surface area (Å²) < 4.78 is 6.30. The number of halogens is 2. The highest BCUT2D eigenvalue weighted by atomic mass is 35.5. The predicted molar refractivity (Wildman–Crippen MR) is 95.0 cm³/mol. The molecular formula is C17H12Cl2O3S. The van der Waals surface area contributed by atoms with Gasteiger partial charge in [0, 0.05) is 10.9 Å². The van der Waals surface area contributed by atoms with E-state index in [9.17, 15) is 4.79 Å². The lowest BCUT2D eigenvalue weighted by atomic mass is 10.0. The van der Waals surface area contributed by atoms with Crippen LogP contribution < -0.4 is 4.74 Å². The number of rotatable bonds is 4. The lowest BCUT2D eigenvalue weighted by Gasteiger charge is -2.13. The Morgan fingerprint density at radius 2 is 1.91 bits per heavy atom. The quantitative estimate of drug-likeness (QED) is 0.641. The third-order valence-electron chi connectivity index (χ3n) is 3.45. The van der Waals surface area contributed by atoms with Crippen LogP contribution in [0.25, 0.3) is 21.2 Å². The summed E-state index contributed by atoms with van der Waals surface area (Å²) in [6, 6.07) is 11.6.